The molecule has 1 saturated carbocycles. The van der Waals surface area contributed by atoms with E-state index in [-0.39, 0.29) is 17.2 Å². The summed E-state index contributed by atoms with van der Waals surface area (Å²) in [4.78, 5) is 30.5. The lowest BCUT2D eigenvalue weighted by Gasteiger charge is -2.32. The van der Waals surface area contributed by atoms with Crippen LogP contribution in [0.1, 0.15) is 37.3 Å². The minimum atomic E-state index is -0.262. The number of likely N-dealkylation sites (N-methyl/N-ethyl adjacent to an activating group) is 1. The van der Waals surface area contributed by atoms with E-state index in [0.29, 0.717) is 17.0 Å². The van der Waals surface area contributed by atoms with Gasteiger partial charge in [-0.15, -0.1) is 0 Å². The van der Waals surface area contributed by atoms with Crippen molar-refractivity contribution < 1.29 is 0 Å². The highest BCUT2D eigenvalue weighted by Gasteiger charge is 2.23. The van der Waals surface area contributed by atoms with Gasteiger partial charge in [0.25, 0.3) is 5.56 Å². The molecule has 3 aromatic heterocycles. The number of hydrogen-bond acceptors (Lipinski definition) is 7. The molecule has 1 aromatic carbocycles. The Morgan fingerprint density at radius 3 is 2.66 bits per heavy atom. The number of nitrogens with zero attached hydrogens (tertiary/aromatic N) is 6. The van der Waals surface area contributed by atoms with Crippen LogP contribution in [0.25, 0.3) is 21.9 Å². The summed E-state index contributed by atoms with van der Waals surface area (Å²) in [5.74, 6) is 1.57. The molecule has 9 heteroatoms. The molecule has 0 bridgehead atoms. The third-order valence-corrected chi connectivity index (χ3v) is 7.29. The van der Waals surface area contributed by atoms with Crippen molar-refractivity contribution in [2.24, 2.45) is 0 Å². The number of fused-ring (bicyclic) bond motifs is 2. The molecule has 1 aliphatic carbocycles. The Morgan fingerprint density at radius 1 is 1.09 bits per heavy atom. The Hall–Kier alpha value is -3.90. The zero-order valence-electron chi connectivity index (χ0n) is 19.8. The highest BCUT2D eigenvalue weighted by atomic mass is 16.1. The molecular formula is C26H28N8O. The average Bonchev–Trinajstić information content (AvgIpc) is 3.54. The van der Waals surface area contributed by atoms with Crippen molar-refractivity contribution in [3.05, 3.63) is 52.4 Å². The van der Waals surface area contributed by atoms with Crippen LogP contribution in [-0.2, 0) is 0 Å². The van der Waals surface area contributed by atoms with Crippen LogP contribution in [-0.4, -0.2) is 57.6 Å². The maximum absolute atomic E-state index is 13.0. The number of pyridine rings is 1. The largest absolute Gasteiger partial charge is 0.356 e. The molecule has 2 fully saturated rings. The number of piperazine rings is 1. The van der Waals surface area contributed by atoms with Crippen molar-refractivity contribution in [2.75, 3.05) is 43.4 Å². The number of benzene rings is 1. The van der Waals surface area contributed by atoms with Gasteiger partial charge in [0, 0.05) is 60.4 Å². The van der Waals surface area contributed by atoms with E-state index in [4.69, 9.17) is 4.98 Å². The molecule has 0 amide bonds. The second-order valence-corrected chi connectivity index (χ2v) is 9.63. The second kappa shape index (κ2) is 8.71. The van der Waals surface area contributed by atoms with Crippen molar-refractivity contribution >= 4 is 39.4 Å². The molecule has 0 atom stereocenters. The lowest BCUT2D eigenvalue weighted by molar-refractivity contribution is 0.312. The Labute approximate surface area is 203 Å². The summed E-state index contributed by atoms with van der Waals surface area (Å²) >= 11 is 0. The Morgan fingerprint density at radius 2 is 1.89 bits per heavy atom. The molecule has 178 valence electrons. The van der Waals surface area contributed by atoms with Gasteiger partial charge in [-0.2, -0.15) is 10.2 Å². The normalized spacial score (nSPS) is 17.3. The van der Waals surface area contributed by atoms with Gasteiger partial charge in [0.2, 0.25) is 5.95 Å². The third kappa shape index (κ3) is 4.00. The SMILES string of the molecule is CN1CCN(c2cc3cc(Nc4ncc5cc(C#N)c(=O)n(C6CCCC6)c5n4)ccc3[nH]2)CC1. The highest BCUT2D eigenvalue weighted by Crippen LogP contribution is 2.31. The van der Waals surface area contributed by atoms with Crippen LogP contribution in [0, 0.1) is 11.3 Å². The molecular weight excluding hydrogens is 440 g/mol. The predicted molar refractivity (Wildman–Crippen MR) is 137 cm³/mol. The van der Waals surface area contributed by atoms with Gasteiger partial charge in [0.15, 0.2) is 0 Å². The van der Waals surface area contributed by atoms with Gasteiger partial charge >= 0.3 is 0 Å². The molecule has 0 unspecified atom stereocenters. The smallest absolute Gasteiger partial charge is 0.270 e. The molecule has 1 aliphatic heterocycles. The summed E-state index contributed by atoms with van der Waals surface area (Å²) in [5, 5.41) is 14.6. The van der Waals surface area contributed by atoms with Crippen LogP contribution in [0.3, 0.4) is 0 Å². The monoisotopic (exact) mass is 468 g/mol. The number of anilines is 3. The Bertz CT molecular complexity index is 1500. The van der Waals surface area contributed by atoms with Crippen molar-refractivity contribution in [1.82, 2.24) is 24.4 Å². The molecule has 4 heterocycles. The number of hydrogen-bond donors (Lipinski definition) is 2. The number of aromatic nitrogens is 4. The van der Waals surface area contributed by atoms with Crippen LogP contribution in [0.5, 0.6) is 0 Å². The molecule has 1 saturated heterocycles. The molecule has 9 nitrogen and oxygen atoms in total. The molecule has 2 N–H and O–H groups in total. The van der Waals surface area contributed by atoms with Gasteiger partial charge in [-0.25, -0.2) is 4.98 Å². The Balaban J connectivity index is 1.32. The van der Waals surface area contributed by atoms with Crippen LogP contribution < -0.4 is 15.8 Å². The lowest BCUT2D eigenvalue weighted by atomic mass is 10.2. The summed E-state index contributed by atoms with van der Waals surface area (Å²) in [5.41, 5.74) is 2.43. The van der Waals surface area contributed by atoms with E-state index >= 15 is 0 Å². The van der Waals surface area contributed by atoms with Crippen LogP contribution in [0.15, 0.2) is 41.3 Å². The molecule has 0 radical (unpaired) electrons. The van der Waals surface area contributed by atoms with E-state index in [1.54, 1.807) is 16.8 Å². The average molecular weight is 469 g/mol. The summed E-state index contributed by atoms with van der Waals surface area (Å²) < 4.78 is 1.71. The second-order valence-electron chi connectivity index (χ2n) is 9.63. The van der Waals surface area contributed by atoms with Crippen LogP contribution in [0.2, 0.25) is 0 Å². The van der Waals surface area contributed by atoms with Crippen molar-refractivity contribution in [1.29, 1.82) is 5.26 Å². The first-order valence-electron chi connectivity index (χ1n) is 12.2. The van der Waals surface area contributed by atoms with Gasteiger partial charge in [-0.1, -0.05) is 12.8 Å². The van der Waals surface area contributed by atoms with Crippen LogP contribution in [0.4, 0.5) is 17.5 Å². The van der Waals surface area contributed by atoms with Gasteiger partial charge in [0.1, 0.15) is 23.1 Å². The zero-order chi connectivity index (χ0) is 23.9. The number of nitrogens with one attached hydrogen (secondary N) is 2. The summed E-state index contributed by atoms with van der Waals surface area (Å²) in [6.45, 7) is 4.14. The molecule has 0 spiro atoms. The minimum absolute atomic E-state index is 0.0743. The maximum atomic E-state index is 13.0. The fraction of sp³-hybridized carbons (Fsp3) is 0.385. The van der Waals surface area contributed by atoms with E-state index in [1.807, 2.05) is 12.1 Å². The van der Waals surface area contributed by atoms with Crippen molar-refractivity contribution in [3.63, 3.8) is 0 Å². The maximum Gasteiger partial charge on any atom is 0.270 e. The first kappa shape index (κ1) is 21.6. The number of aromatic amines is 1. The minimum Gasteiger partial charge on any atom is -0.356 e. The summed E-state index contributed by atoms with van der Waals surface area (Å²) in [6.07, 6.45) is 5.71. The van der Waals surface area contributed by atoms with E-state index in [2.05, 4.69) is 50.3 Å². The van der Waals surface area contributed by atoms with E-state index in [9.17, 15) is 10.1 Å². The summed E-state index contributed by atoms with van der Waals surface area (Å²) in [6, 6.07) is 12.0. The van der Waals surface area contributed by atoms with Crippen molar-refractivity contribution in [2.45, 2.75) is 31.7 Å². The predicted octanol–water partition coefficient (Wildman–Crippen LogP) is 3.75. The third-order valence-electron chi connectivity index (χ3n) is 7.29. The van der Waals surface area contributed by atoms with Gasteiger partial charge in [-0.3, -0.25) is 9.36 Å². The fourth-order valence-electron chi connectivity index (χ4n) is 5.30. The standard InChI is InChI=1S/C26H28N8O/c1-32-8-10-33(11-9-32)23-14-17-13-20(6-7-22(17)30-23)29-26-28-16-19-12-18(15-27)25(35)34(24(19)31-26)21-4-2-3-5-21/h6-7,12-14,16,21,30H,2-5,8-11H2,1H3,(H,28,29,31). The van der Waals surface area contributed by atoms with E-state index in [1.165, 1.54) is 0 Å². The lowest BCUT2D eigenvalue weighted by Crippen LogP contribution is -2.44. The molecule has 6 rings (SSSR count). The summed E-state index contributed by atoms with van der Waals surface area (Å²) in [7, 11) is 2.16. The van der Waals surface area contributed by atoms with Gasteiger partial charge in [0.05, 0.1) is 0 Å². The quantitative estimate of drug-likeness (QED) is 0.470. The highest BCUT2D eigenvalue weighted by molar-refractivity contribution is 5.88. The molecule has 35 heavy (non-hydrogen) atoms. The van der Waals surface area contributed by atoms with Crippen molar-refractivity contribution in [3.8, 4) is 6.07 Å². The number of rotatable bonds is 4. The molecule has 4 aromatic rings. The Kier molecular flexibility index (Phi) is 5.38. The van der Waals surface area contributed by atoms with E-state index < -0.39 is 0 Å². The topological polar surface area (TPSA) is 106 Å². The van der Waals surface area contributed by atoms with Gasteiger partial charge < -0.3 is 20.1 Å². The fourth-order valence-corrected chi connectivity index (χ4v) is 5.30. The first-order chi connectivity index (χ1) is 17.1. The van der Waals surface area contributed by atoms with Gasteiger partial charge in [-0.05, 0) is 50.2 Å². The number of H-pyrrole nitrogens is 1. The first-order valence-corrected chi connectivity index (χ1v) is 12.2. The van der Waals surface area contributed by atoms with E-state index in [0.717, 1.165) is 74.3 Å². The number of nitriles is 1. The zero-order valence-corrected chi connectivity index (χ0v) is 19.8. The molecule has 2 aliphatic rings. The van der Waals surface area contributed by atoms with Crippen LogP contribution >= 0.6 is 0 Å².